The van der Waals surface area contributed by atoms with Gasteiger partial charge in [0, 0.05) is 22.7 Å². The maximum Gasteiger partial charge on any atom is 0.309 e. The van der Waals surface area contributed by atoms with Gasteiger partial charge in [-0.15, -0.1) is 0 Å². The molecule has 23 heavy (non-hydrogen) atoms. The van der Waals surface area contributed by atoms with Crippen molar-refractivity contribution < 1.29 is 9.90 Å². The number of carboxylic acids is 1. The summed E-state index contributed by atoms with van der Waals surface area (Å²) in [6, 6.07) is 15.9. The molecule has 0 radical (unpaired) electrons. The van der Waals surface area contributed by atoms with Crippen LogP contribution in [0.5, 0.6) is 0 Å². The number of hydrogen-bond donors (Lipinski definition) is 2. The van der Waals surface area contributed by atoms with Crippen LogP contribution in [0.15, 0.2) is 54.7 Å². The van der Waals surface area contributed by atoms with Gasteiger partial charge in [0.1, 0.15) is 0 Å². The molecule has 5 nitrogen and oxygen atoms in total. The third-order valence-electron chi connectivity index (χ3n) is 4.05. The third kappa shape index (κ3) is 2.36. The number of aromatic amines is 1. The molecule has 0 aliphatic rings. The molecule has 0 unspecified atom stereocenters. The Bertz CT molecular complexity index is 1010. The minimum absolute atomic E-state index is 0.0704. The first-order chi connectivity index (χ1) is 11.2. The zero-order chi connectivity index (χ0) is 15.8. The number of para-hydroxylation sites is 1. The number of aromatic nitrogens is 3. The molecule has 0 saturated carbocycles. The van der Waals surface area contributed by atoms with Gasteiger partial charge in [0.25, 0.3) is 0 Å². The van der Waals surface area contributed by atoms with Crippen LogP contribution >= 0.6 is 0 Å². The summed E-state index contributed by atoms with van der Waals surface area (Å²) in [5, 5.41) is 16.8. The zero-order valence-corrected chi connectivity index (χ0v) is 12.4. The molecule has 0 atom stereocenters. The Morgan fingerprint density at radius 1 is 1.09 bits per heavy atom. The topological polar surface area (TPSA) is 70.9 Å². The van der Waals surface area contributed by atoms with Crippen molar-refractivity contribution in [3.8, 4) is 0 Å². The number of benzene rings is 2. The first-order valence-electron chi connectivity index (χ1n) is 7.43. The molecule has 0 saturated heterocycles. The highest BCUT2D eigenvalue weighted by atomic mass is 16.4. The highest BCUT2D eigenvalue weighted by molar-refractivity contribution is 5.87. The number of nitrogens with zero attached hydrogens (tertiary/aromatic N) is 2. The summed E-state index contributed by atoms with van der Waals surface area (Å²) in [5.74, 6) is -0.870. The van der Waals surface area contributed by atoms with Gasteiger partial charge < -0.3 is 10.1 Å². The molecule has 5 heteroatoms. The number of hydrogen-bond acceptors (Lipinski definition) is 2. The Morgan fingerprint density at radius 2 is 1.83 bits per heavy atom. The molecule has 0 aliphatic carbocycles. The molecule has 2 aromatic carbocycles. The lowest BCUT2D eigenvalue weighted by atomic mass is 10.1. The first-order valence-corrected chi connectivity index (χ1v) is 7.43. The number of rotatable bonds is 4. The lowest BCUT2D eigenvalue weighted by Crippen LogP contribution is -2.05. The largest absolute Gasteiger partial charge is 0.481 e. The van der Waals surface area contributed by atoms with Crippen molar-refractivity contribution in [2.75, 3.05) is 0 Å². The highest BCUT2D eigenvalue weighted by Crippen LogP contribution is 2.23. The lowest BCUT2D eigenvalue weighted by Gasteiger charge is -2.03. The minimum Gasteiger partial charge on any atom is -0.481 e. The fraction of sp³-hybridized carbons (Fsp3) is 0.111. The Kier molecular flexibility index (Phi) is 3.12. The second-order valence-electron chi connectivity index (χ2n) is 5.55. The van der Waals surface area contributed by atoms with Crippen molar-refractivity contribution in [1.82, 2.24) is 14.8 Å². The molecule has 2 aromatic heterocycles. The summed E-state index contributed by atoms with van der Waals surface area (Å²) in [6.07, 6.45) is 1.91. The van der Waals surface area contributed by atoms with Gasteiger partial charge in [0.15, 0.2) is 0 Å². The molecule has 0 fully saturated rings. The van der Waals surface area contributed by atoms with Gasteiger partial charge in [-0.25, -0.2) is 0 Å². The molecule has 2 heterocycles. The SMILES string of the molecule is O=C(O)Cc1nn(Cc2[nH]cc3ccccc23)c2ccccc12. The van der Waals surface area contributed by atoms with Gasteiger partial charge >= 0.3 is 5.97 Å². The van der Waals surface area contributed by atoms with Crippen LogP contribution in [0.25, 0.3) is 21.7 Å². The van der Waals surface area contributed by atoms with Crippen molar-refractivity contribution in [1.29, 1.82) is 0 Å². The van der Waals surface area contributed by atoms with Crippen molar-refractivity contribution >= 4 is 27.6 Å². The molecule has 4 rings (SSSR count). The second kappa shape index (κ2) is 5.28. The van der Waals surface area contributed by atoms with Crippen LogP contribution < -0.4 is 0 Å². The summed E-state index contributed by atoms with van der Waals surface area (Å²) in [7, 11) is 0. The molecule has 0 aliphatic heterocycles. The zero-order valence-electron chi connectivity index (χ0n) is 12.4. The van der Waals surface area contributed by atoms with Crippen LogP contribution in [0.2, 0.25) is 0 Å². The van der Waals surface area contributed by atoms with Gasteiger partial charge in [0.2, 0.25) is 0 Å². The Balaban J connectivity index is 1.81. The van der Waals surface area contributed by atoms with Crippen molar-refractivity contribution in [2.45, 2.75) is 13.0 Å². The average molecular weight is 305 g/mol. The van der Waals surface area contributed by atoms with Crippen LogP contribution in [0.3, 0.4) is 0 Å². The van der Waals surface area contributed by atoms with Gasteiger partial charge in [-0.1, -0.05) is 42.5 Å². The van der Waals surface area contributed by atoms with E-state index in [4.69, 9.17) is 5.11 Å². The summed E-state index contributed by atoms with van der Waals surface area (Å²) in [5.41, 5.74) is 2.61. The fourth-order valence-corrected chi connectivity index (χ4v) is 3.01. The van der Waals surface area contributed by atoms with Crippen LogP contribution in [-0.2, 0) is 17.8 Å². The number of aliphatic carboxylic acids is 1. The quantitative estimate of drug-likeness (QED) is 0.608. The molecular weight excluding hydrogens is 290 g/mol. The van der Waals surface area contributed by atoms with Crippen LogP contribution in [0.1, 0.15) is 11.4 Å². The number of carboxylic acid groups (broad SMARTS) is 1. The highest BCUT2D eigenvalue weighted by Gasteiger charge is 2.14. The van der Waals surface area contributed by atoms with Gasteiger partial charge in [0.05, 0.1) is 24.2 Å². The molecule has 114 valence electrons. The van der Waals surface area contributed by atoms with E-state index in [1.54, 1.807) is 0 Å². The van der Waals surface area contributed by atoms with Gasteiger partial charge in [-0.05, 0) is 11.5 Å². The molecular formula is C18H15N3O2. The second-order valence-corrected chi connectivity index (χ2v) is 5.55. The summed E-state index contributed by atoms with van der Waals surface area (Å²) >= 11 is 0. The van der Waals surface area contributed by atoms with Crippen LogP contribution in [0.4, 0.5) is 0 Å². The van der Waals surface area contributed by atoms with E-state index >= 15 is 0 Å². The Hall–Kier alpha value is -3.08. The normalized spacial score (nSPS) is 11.3. The van der Waals surface area contributed by atoms with E-state index in [0.29, 0.717) is 12.2 Å². The standard InChI is InChI=1S/C18H15N3O2/c22-18(23)9-15-14-7-3-4-8-17(14)21(20-15)11-16-13-6-2-1-5-12(13)10-19-16/h1-8,10,19H,9,11H2,(H,22,23). The number of fused-ring (bicyclic) bond motifs is 2. The third-order valence-corrected chi connectivity index (χ3v) is 4.05. The van der Waals surface area contributed by atoms with Crippen molar-refractivity contribution in [2.24, 2.45) is 0 Å². The molecule has 2 N–H and O–H groups in total. The summed E-state index contributed by atoms with van der Waals surface area (Å²) < 4.78 is 1.87. The molecule has 0 bridgehead atoms. The maximum atomic E-state index is 11.1. The Morgan fingerprint density at radius 3 is 2.65 bits per heavy atom. The van der Waals surface area contributed by atoms with E-state index in [-0.39, 0.29) is 6.42 Å². The minimum atomic E-state index is -0.870. The van der Waals surface area contributed by atoms with E-state index in [1.165, 1.54) is 0 Å². The predicted octanol–water partition coefficient (Wildman–Crippen LogP) is 3.19. The fourth-order valence-electron chi connectivity index (χ4n) is 3.01. The summed E-state index contributed by atoms with van der Waals surface area (Å²) in [4.78, 5) is 14.4. The van der Waals surface area contributed by atoms with Gasteiger partial charge in [-0.2, -0.15) is 5.10 Å². The predicted molar refractivity (Wildman–Crippen MR) is 88.5 cm³/mol. The van der Waals surface area contributed by atoms with Gasteiger partial charge in [-0.3, -0.25) is 9.48 Å². The molecule has 0 amide bonds. The Labute approximate surface area is 132 Å². The summed E-state index contributed by atoms with van der Waals surface area (Å²) in [6.45, 7) is 0.577. The number of nitrogens with one attached hydrogen (secondary N) is 1. The molecule has 4 aromatic rings. The maximum absolute atomic E-state index is 11.1. The van der Waals surface area contributed by atoms with E-state index in [1.807, 2.05) is 47.3 Å². The van der Waals surface area contributed by atoms with E-state index in [0.717, 1.165) is 27.4 Å². The monoisotopic (exact) mass is 305 g/mol. The number of H-pyrrole nitrogens is 1. The van der Waals surface area contributed by atoms with E-state index in [2.05, 4.69) is 22.2 Å². The van der Waals surface area contributed by atoms with Crippen LogP contribution in [-0.4, -0.2) is 25.8 Å². The average Bonchev–Trinajstić information content (AvgIpc) is 3.11. The van der Waals surface area contributed by atoms with E-state index < -0.39 is 5.97 Å². The van der Waals surface area contributed by atoms with Crippen molar-refractivity contribution in [3.05, 3.63) is 66.1 Å². The van der Waals surface area contributed by atoms with Crippen LogP contribution in [0, 0.1) is 0 Å². The first kappa shape index (κ1) is 13.6. The van der Waals surface area contributed by atoms with E-state index in [9.17, 15) is 4.79 Å². The lowest BCUT2D eigenvalue weighted by molar-refractivity contribution is -0.136. The smallest absolute Gasteiger partial charge is 0.309 e. The molecule has 0 spiro atoms. The number of carbonyl (C=O) groups is 1. The van der Waals surface area contributed by atoms with Crippen molar-refractivity contribution in [3.63, 3.8) is 0 Å².